The molecule has 18 heavy (non-hydrogen) atoms. The van der Waals surface area contributed by atoms with Crippen LogP contribution in [0, 0.1) is 0 Å². The SMILES string of the molecule is CSC1CCC(NC(=O)c2cc(N)ncc2Cl)C1. The Bertz CT molecular complexity index is 455. The second-order valence-corrected chi connectivity index (χ2v) is 5.98. The summed E-state index contributed by atoms with van der Waals surface area (Å²) in [5, 5.41) is 3.99. The van der Waals surface area contributed by atoms with Crippen LogP contribution in [-0.2, 0) is 0 Å². The Morgan fingerprint density at radius 3 is 3.06 bits per heavy atom. The van der Waals surface area contributed by atoms with Gasteiger partial charge in [0.25, 0.3) is 5.91 Å². The van der Waals surface area contributed by atoms with Crippen LogP contribution in [0.15, 0.2) is 12.3 Å². The molecule has 0 aromatic carbocycles. The molecule has 2 rings (SSSR count). The minimum atomic E-state index is -0.166. The Kier molecular flexibility index (Phi) is 4.35. The lowest BCUT2D eigenvalue weighted by Crippen LogP contribution is -2.33. The Morgan fingerprint density at radius 2 is 2.39 bits per heavy atom. The summed E-state index contributed by atoms with van der Waals surface area (Å²) in [6, 6.07) is 1.75. The first-order chi connectivity index (χ1) is 8.60. The molecule has 1 aromatic heterocycles. The molecule has 1 aromatic rings. The van der Waals surface area contributed by atoms with Crippen molar-refractivity contribution in [2.75, 3.05) is 12.0 Å². The number of pyridine rings is 1. The van der Waals surface area contributed by atoms with Crippen molar-refractivity contribution >= 4 is 35.1 Å². The summed E-state index contributed by atoms with van der Waals surface area (Å²) >= 11 is 7.81. The van der Waals surface area contributed by atoms with E-state index in [1.54, 1.807) is 0 Å². The van der Waals surface area contributed by atoms with Crippen LogP contribution < -0.4 is 11.1 Å². The van der Waals surface area contributed by atoms with Gasteiger partial charge in [0, 0.05) is 17.5 Å². The molecular weight excluding hydrogens is 270 g/mol. The van der Waals surface area contributed by atoms with Crippen LogP contribution in [0.5, 0.6) is 0 Å². The molecule has 1 saturated carbocycles. The van der Waals surface area contributed by atoms with Crippen LogP contribution >= 0.6 is 23.4 Å². The fraction of sp³-hybridized carbons (Fsp3) is 0.500. The van der Waals surface area contributed by atoms with E-state index < -0.39 is 0 Å². The molecule has 0 radical (unpaired) electrons. The molecule has 6 heteroatoms. The number of halogens is 1. The maximum atomic E-state index is 12.1. The lowest BCUT2D eigenvalue weighted by Gasteiger charge is -2.13. The first-order valence-electron chi connectivity index (χ1n) is 5.85. The quantitative estimate of drug-likeness (QED) is 0.894. The van der Waals surface area contributed by atoms with Gasteiger partial charge in [0.15, 0.2) is 0 Å². The zero-order valence-corrected chi connectivity index (χ0v) is 11.7. The van der Waals surface area contributed by atoms with E-state index in [-0.39, 0.29) is 11.9 Å². The number of nitrogens with two attached hydrogens (primary N) is 1. The van der Waals surface area contributed by atoms with Crippen LogP contribution in [-0.4, -0.2) is 28.4 Å². The highest BCUT2D eigenvalue weighted by Gasteiger charge is 2.26. The van der Waals surface area contributed by atoms with Gasteiger partial charge in [-0.05, 0) is 31.6 Å². The second kappa shape index (κ2) is 5.80. The number of nitrogen functional groups attached to an aromatic ring is 1. The van der Waals surface area contributed by atoms with E-state index in [1.807, 2.05) is 11.8 Å². The third-order valence-corrected chi connectivity index (χ3v) is 4.57. The number of carbonyl (C=O) groups excluding carboxylic acids is 1. The van der Waals surface area contributed by atoms with Crippen molar-refractivity contribution < 1.29 is 4.79 Å². The van der Waals surface area contributed by atoms with Gasteiger partial charge in [0.2, 0.25) is 0 Å². The van der Waals surface area contributed by atoms with Crippen molar-refractivity contribution in [3.8, 4) is 0 Å². The van der Waals surface area contributed by atoms with Crippen LogP contribution in [0.1, 0.15) is 29.6 Å². The van der Waals surface area contributed by atoms with Gasteiger partial charge < -0.3 is 11.1 Å². The fourth-order valence-corrected chi connectivity index (χ4v) is 3.16. The van der Waals surface area contributed by atoms with Crippen molar-refractivity contribution in [1.29, 1.82) is 0 Å². The Balaban J connectivity index is 2.02. The number of thioether (sulfide) groups is 1. The van der Waals surface area contributed by atoms with E-state index in [4.69, 9.17) is 17.3 Å². The molecule has 1 aliphatic rings. The molecular formula is C12H16ClN3OS. The summed E-state index contributed by atoms with van der Waals surface area (Å²) in [7, 11) is 0. The summed E-state index contributed by atoms with van der Waals surface area (Å²) in [4.78, 5) is 15.9. The van der Waals surface area contributed by atoms with Crippen LogP contribution in [0.3, 0.4) is 0 Å². The highest BCUT2D eigenvalue weighted by atomic mass is 35.5. The third kappa shape index (κ3) is 3.09. The summed E-state index contributed by atoms with van der Waals surface area (Å²) < 4.78 is 0. The average molecular weight is 286 g/mol. The zero-order valence-electron chi connectivity index (χ0n) is 10.1. The highest BCUT2D eigenvalue weighted by molar-refractivity contribution is 7.99. The molecule has 1 aliphatic carbocycles. The molecule has 0 bridgehead atoms. The fourth-order valence-electron chi connectivity index (χ4n) is 2.18. The van der Waals surface area contributed by atoms with Gasteiger partial charge in [-0.15, -0.1) is 0 Å². The van der Waals surface area contributed by atoms with E-state index in [1.165, 1.54) is 12.3 Å². The van der Waals surface area contributed by atoms with E-state index in [0.717, 1.165) is 19.3 Å². The summed E-state index contributed by atoms with van der Waals surface area (Å²) in [5.74, 6) is 0.138. The lowest BCUT2D eigenvalue weighted by molar-refractivity contribution is 0.0938. The first-order valence-corrected chi connectivity index (χ1v) is 7.51. The number of amides is 1. The molecule has 0 spiro atoms. The molecule has 2 atom stereocenters. The molecule has 1 fully saturated rings. The van der Waals surface area contributed by atoms with Gasteiger partial charge in [-0.3, -0.25) is 4.79 Å². The maximum Gasteiger partial charge on any atom is 0.253 e. The average Bonchev–Trinajstić information content (AvgIpc) is 2.80. The minimum Gasteiger partial charge on any atom is -0.384 e. The zero-order chi connectivity index (χ0) is 13.1. The van der Waals surface area contributed by atoms with Gasteiger partial charge in [0.05, 0.1) is 10.6 Å². The predicted octanol–water partition coefficient (Wildman–Crippen LogP) is 2.33. The monoisotopic (exact) mass is 285 g/mol. The molecule has 1 heterocycles. The van der Waals surface area contributed by atoms with Crippen LogP contribution in [0.2, 0.25) is 5.02 Å². The molecule has 0 aliphatic heterocycles. The molecule has 2 unspecified atom stereocenters. The van der Waals surface area contributed by atoms with Gasteiger partial charge in [0.1, 0.15) is 5.82 Å². The van der Waals surface area contributed by atoms with Crippen molar-refractivity contribution in [2.45, 2.75) is 30.6 Å². The Morgan fingerprint density at radius 1 is 1.61 bits per heavy atom. The lowest BCUT2D eigenvalue weighted by atomic mass is 10.2. The van der Waals surface area contributed by atoms with Gasteiger partial charge in [-0.1, -0.05) is 11.6 Å². The van der Waals surface area contributed by atoms with Crippen molar-refractivity contribution in [3.63, 3.8) is 0 Å². The van der Waals surface area contributed by atoms with E-state index in [0.29, 0.717) is 21.7 Å². The number of anilines is 1. The largest absolute Gasteiger partial charge is 0.384 e. The topological polar surface area (TPSA) is 68.0 Å². The molecule has 0 saturated heterocycles. The van der Waals surface area contributed by atoms with Gasteiger partial charge in [-0.2, -0.15) is 11.8 Å². The molecule has 3 N–H and O–H groups in total. The van der Waals surface area contributed by atoms with Crippen molar-refractivity contribution in [1.82, 2.24) is 10.3 Å². The summed E-state index contributed by atoms with van der Waals surface area (Å²) in [5.41, 5.74) is 5.96. The number of rotatable bonds is 3. The second-order valence-electron chi connectivity index (χ2n) is 4.43. The predicted molar refractivity (Wildman–Crippen MR) is 76.1 cm³/mol. The number of nitrogens with one attached hydrogen (secondary N) is 1. The van der Waals surface area contributed by atoms with Crippen LogP contribution in [0.25, 0.3) is 0 Å². The third-order valence-electron chi connectivity index (χ3n) is 3.17. The van der Waals surface area contributed by atoms with Crippen molar-refractivity contribution in [2.24, 2.45) is 0 Å². The summed E-state index contributed by atoms with van der Waals surface area (Å²) in [6.07, 6.45) is 6.71. The smallest absolute Gasteiger partial charge is 0.253 e. The summed E-state index contributed by atoms with van der Waals surface area (Å²) in [6.45, 7) is 0. The van der Waals surface area contributed by atoms with E-state index >= 15 is 0 Å². The number of hydrogen-bond acceptors (Lipinski definition) is 4. The molecule has 1 amide bonds. The highest BCUT2D eigenvalue weighted by Crippen LogP contribution is 2.28. The normalized spacial score (nSPS) is 23.0. The van der Waals surface area contributed by atoms with Crippen LogP contribution in [0.4, 0.5) is 5.82 Å². The Labute approximate surface area is 116 Å². The molecule has 4 nitrogen and oxygen atoms in total. The number of aromatic nitrogens is 1. The standard InChI is InChI=1S/C12H16ClN3OS/c1-18-8-3-2-7(4-8)16-12(17)9-5-11(14)15-6-10(9)13/h5-8H,2-4H2,1H3,(H2,14,15)(H,16,17). The van der Waals surface area contributed by atoms with Gasteiger partial charge in [-0.25, -0.2) is 4.98 Å². The number of hydrogen-bond donors (Lipinski definition) is 2. The van der Waals surface area contributed by atoms with E-state index in [9.17, 15) is 4.79 Å². The Hall–Kier alpha value is -0.940. The van der Waals surface area contributed by atoms with Gasteiger partial charge >= 0.3 is 0 Å². The number of nitrogens with zero attached hydrogens (tertiary/aromatic N) is 1. The van der Waals surface area contributed by atoms with Crippen molar-refractivity contribution in [3.05, 3.63) is 22.8 Å². The number of carbonyl (C=O) groups is 1. The van der Waals surface area contributed by atoms with E-state index in [2.05, 4.69) is 16.6 Å². The minimum absolute atomic E-state index is 0.166. The molecule has 98 valence electrons. The first kappa shape index (κ1) is 13.5. The maximum absolute atomic E-state index is 12.1.